The standard InChI is InChI=1S/C22H24Cl2N2O3/c1-5-15-12-25(21(27)16-8-7-9-17(23)20(16)24)18-10-13(3)14(4)11-19(18)26(15)22(28)29-6-2/h7-11,15H,5-6,12H2,1-4H3. The zero-order valence-corrected chi connectivity index (χ0v) is 18.5. The molecule has 5 nitrogen and oxygen atoms in total. The Morgan fingerprint density at radius 3 is 2.38 bits per heavy atom. The van der Waals surface area contributed by atoms with Gasteiger partial charge in [-0.05, 0) is 62.6 Å². The molecule has 1 heterocycles. The van der Waals surface area contributed by atoms with Crippen molar-refractivity contribution in [3.63, 3.8) is 0 Å². The lowest BCUT2D eigenvalue weighted by molar-refractivity contribution is 0.0981. The molecule has 3 rings (SSSR count). The van der Waals surface area contributed by atoms with Gasteiger partial charge in [-0.3, -0.25) is 9.69 Å². The molecule has 0 bridgehead atoms. The summed E-state index contributed by atoms with van der Waals surface area (Å²) in [7, 11) is 0. The molecule has 0 saturated carbocycles. The Kier molecular flexibility index (Phi) is 6.39. The Morgan fingerprint density at radius 2 is 1.76 bits per heavy atom. The van der Waals surface area contributed by atoms with Crippen molar-refractivity contribution in [3.8, 4) is 0 Å². The lowest BCUT2D eigenvalue weighted by Crippen LogP contribution is -2.53. The van der Waals surface area contributed by atoms with E-state index in [9.17, 15) is 9.59 Å². The van der Waals surface area contributed by atoms with E-state index in [1.165, 1.54) is 0 Å². The summed E-state index contributed by atoms with van der Waals surface area (Å²) in [4.78, 5) is 29.5. The number of fused-ring (bicyclic) bond motifs is 1. The topological polar surface area (TPSA) is 49.9 Å². The quantitative estimate of drug-likeness (QED) is 0.593. The highest BCUT2D eigenvalue weighted by Crippen LogP contribution is 2.40. The zero-order valence-electron chi connectivity index (χ0n) is 17.0. The average molecular weight is 435 g/mol. The molecule has 0 spiro atoms. The summed E-state index contributed by atoms with van der Waals surface area (Å²) < 4.78 is 5.30. The van der Waals surface area contributed by atoms with Crippen molar-refractivity contribution in [1.82, 2.24) is 0 Å². The van der Waals surface area contributed by atoms with Crippen LogP contribution in [0.5, 0.6) is 0 Å². The van der Waals surface area contributed by atoms with Gasteiger partial charge in [-0.25, -0.2) is 4.79 Å². The van der Waals surface area contributed by atoms with Crippen LogP contribution in [0.1, 0.15) is 41.8 Å². The zero-order chi connectivity index (χ0) is 21.3. The van der Waals surface area contributed by atoms with Crippen molar-refractivity contribution in [1.29, 1.82) is 0 Å². The van der Waals surface area contributed by atoms with Crippen molar-refractivity contribution in [2.75, 3.05) is 23.0 Å². The molecular weight excluding hydrogens is 411 g/mol. The molecule has 1 atom stereocenters. The molecule has 1 aliphatic heterocycles. The van der Waals surface area contributed by atoms with E-state index >= 15 is 0 Å². The number of aryl methyl sites for hydroxylation is 2. The molecule has 0 aromatic heterocycles. The van der Waals surface area contributed by atoms with Crippen LogP contribution < -0.4 is 9.80 Å². The molecule has 1 unspecified atom stereocenters. The maximum Gasteiger partial charge on any atom is 0.414 e. The van der Waals surface area contributed by atoms with Crippen LogP contribution >= 0.6 is 23.2 Å². The number of halogens is 2. The van der Waals surface area contributed by atoms with Gasteiger partial charge in [0.05, 0.1) is 39.6 Å². The highest BCUT2D eigenvalue weighted by molar-refractivity contribution is 6.44. The second-order valence-corrected chi connectivity index (χ2v) is 7.86. The van der Waals surface area contributed by atoms with E-state index in [0.717, 1.165) is 11.1 Å². The number of ether oxygens (including phenoxy) is 1. The minimum absolute atomic E-state index is 0.217. The van der Waals surface area contributed by atoms with Crippen LogP contribution in [0.25, 0.3) is 0 Å². The fourth-order valence-corrected chi connectivity index (χ4v) is 3.92. The lowest BCUT2D eigenvalue weighted by atomic mass is 9.99. The van der Waals surface area contributed by atoms with Crippen LogP contribution in [0, 0.1) is 13.8 Å². The molecule has 0 aliphatic carbocycles. The Bertz CT molecular complexity index is 961. The molecule has 1 aliphatic rings. The normalized spacial score (nSPS) is 15.9. The Hall–Kier alpha value is -2.24. The van der Waals surface area contributed by atoms with E-state index in [2.05, 4.69) is 0 Å². The summed E-state index contributed by atoms with van der Waals surface area (Å²) in [6, 6.07) is 8.66. The van der Waals surface area contributed by atoms with Gasteiger partial charge in [0.15, 0.2) is 0 Å². The monoisotopic (exact) mass is 434 g/mol. The van der Waals surface area contributed by atoms with Crippen LogP contribution in [0.15, 0.2) is 30.3 Å². The molecular formula is C22H24Cl2N2O3. The molecule has 0 saturated heterocycles. The Balaban J connectivity index is 2.15. The van der Waals surface area contributed by atoms with E-state index in [1.807, 2.05) is 32.9 Å². The second kappa shape index (κ2) is 8.64. The second-order valence-electron chi connectivity index (χ2n) is 7.07. The highest BCUT2D eigenvalue weighted by atomic mass is 35.5. The summed E-state index contributed by atoms with van der Waals surface area (Å²) in [6.45, 7) is 8.35. The summed E-state index contributed by atoms with van der Waals surface area (Å²) in [6.07, 6.45) is 0.259. The van der Waals surface area contributed by atoms with Gasteiger partial charge >= 0.3 is 6.09 Å². The fraction of sp³-hybridized carbons (Fsp3) is 0.364. The molecule has 2 aromatic rings. The van der Waals surface area contributed by atoms with E-state index in [0.29, 0.717) is 34.9 Å². The SMILES string of the molecule is CCOC(=O)N1c2cc(C)c(C)cc2N(C(=O)c2cccc(Cl)c2Cl)CC1CC. The van der Waals surface area contributed by atoms with Crippen molar-refractivity contribution >= 4 is 46.6 Å². The molecule has 2 amide bonds. The van der Waals surface area contributed by atoms with Gasteiger partial charge < -0.3 is 9.64 Å². The third kappa shape index (κ3) is 3.94. The number of rotatable bonds is 3. The summed E-state index contributed by atoms with van der Waals surface area (Å²) >= 11 is 12.4. The number of benzene rings is 2. The van der Waals surface area contributed by atoms with Gasteiger partial charge in [0.1, 0.15) is 0 Å². The van der Waals surface area contributed by atoms with Crippen LogP contribution in [0.4, 0.5) is 16.2 Å². The largest absolute Gasteiger partial charge is 0.449 e. The highest BCUT2D eigenvalue weighted by Gasteiger charge is 2.38. The van der Waals surface area contributed by atoms with E-state index in [-0.39, 0.29) is 23.6 Å². The van der Waals surface area contributed by atoms with Gasteiger partial charge in [0, 0.05) is 6.54 Å². The van der Waals surface area contributed by atoms with E-state index < -0.39 is 6.09 Å². The van der Waals surface area contributed by atoms with Gasteiger partial charge in [0.25, 0.3) is 5.91 Å². The molecule has 2 aromatic carbocycles. The number of amides is 2. The van der Waals surface area contributed by atoms with Crippen LogP contribution in [0.3, 0.4) is 0 Å². The molecule has 154 valence electrons. The van der Waals surface area contributed by atoms with Crippen molar-refractivity contribution in [3.05, 3.63) is 57.1 Å². The Morgan fingerprint density at radius 1 is 1.10 bits per heavy atom. The predicted molar refractivity (Wildman–Crippen MR) is 118 cm³/mol. The van der Waals surface area contributed by atoms with Gasteiger partial charge in [-0.1, -0.05) is 36.2 Å². The molecule has 0 radical (unpaired) electrons. The number of carbonyl (C=O) groups is 2. The van der Waals surface area contributed by atoms with Gasteiger partial charge in [-0.2, -0.15) is 0 Å². The third-order valence-electron chi connectivity index (χ3n) is 5.26. The van der Waals surface area contributed by atoms with Crippen LogP contribution in [0.2, 0.25) is 10.0 Å². The third-order valence-corrected chi connectivity index (χ3v) is 6.08. The minimum atomic E-state index is -0.406. The Labute approximate surface area is 181 Å². The molecule has 0 fully saturated rings. The van der Waals surface area contributed by atoms with Gasteiger partial charge in [0.2, 0.25) is 0 Å². The smallest absolute Gasteiger partial charge is 0.414 e. The van der Waals surface area contributed by atoms with Crippen LogP contribution in [-0.2, 0) is 4.74 Å². The average Bonchev–Trinajstić information content (AvgIpc) is 2.69. The fourth-order valence-electron chi connectivity index (χ4n) is 3.54. The lowest BCUT2D eigenvalue weighted by Gasteiger charge is -2.42. The van der Waals surface area contributed by atoms with E-state index in [1.54, 1.807) is 34.9 Å². The predicted octanol–water partition coefficient (Wildman–Crippen LogP) is 6.01. The first-order valence-corrected chi connectivity index (χ1v) is 10.4. The molecule has 29 heavy (non-hydrogen) atoms. The number of nitrogens with zero attached hydrogens (tertiary/aromatic N) is 2. The minimum Gasteiger partial charge on any atom is -0.449 e. The van der Waals surface area contributed by atoms with Crippen molar-refractivity contribution < 1.29 is 14.3 Å². The van der Waals surface area contributed by atoms with Crippen molar-refractivity contribution in [2.24, 2.45) is 0 Å². The van der Waals surface area contributed by atoms with E-state index in [4.69, 9.17) is 27.9 Å². The first kappa shape index (κ1) is 21.5. The number of hydrogen-bond donors (Lipinski definition) is 0. The maximum absolute atomic E-state index is 13.4. The first-order valence-electron chi connectivity index (χ1n) is 9.63. The number of hydrogen-bond acceptors (Lipinski definition) is 3. The summed E-state index contributed by atoms with van der Waals surface area (Å²) in [5, 5.41) is 0.556. The first-order chi connectivity index (χ1) is 13.8. The van der Waals surface area contributed by atoms with Crippen LogP contribution in [-0.4, -0.2) is 31.2 Å². The molecule has 7 heteroatoms. The molecule has 0 N–H and O–H groups in total. The summed E-state index contributed by atoms with van der Waals surface area (Å²) in [5.74, 6) is -0.246. The maximum atomic E-state index is 13.4. The van der Waals surface area contributed by atoms with Crippen molar-refractivity contribution in [2.45, 2.75) is 40.2 Å². The summed E-state index contributed by atoms with van der Waals surface area (Å²) in [5.41, 5.74) is 3.71. The number of carbonyl (C=O) groups excluding carboxylic acids is 2. The number of anilines is 2. The van der Waals surface area contributed by atoms with Gasteiger partial charge in [-0.15, -0.1) is 0 Å².